The minimum Gasteiger partial charge on any atom is -0.353 e. The summed E-state index contributed by atoms with van der Waals surface area (Å²) in [5, 5.41) is 4.63. The molecule has 0 saturated carbocycles. The van der Waals surface area contributed by atoms with Gasteiger partial charge in [0.05, 0.1) is 11.8 Å². The Morgan fingerprint density at radius 3 is 2.95 bits per heavy atom. The van der Waals surface area contributed by atoms with E-state index < -0.39 is 0 Å². The van der Waals surface area contributed by atoms with Crippen LogP contribution in [0.3, 0.4) is 0 Å². The van der Waals surface area contributed by atoms with Gasteiger partial charge in [-0.3, -0.25) is 0 Å². The van der Waals surface area contributed by atoms with Gasteiger partial charge in [-0.2, -0.15) is 5.10 Å². The molecule has 2 aliphatic rings. The van der Waals surface area contributed by atoms with Crippen molar-refractivity contribution in [3.8, 4) is 0 Å². The second-order valence-corrected chi connectivity index (χ2v) is 5.45. The van der Waals surface area contributed by atoms with Crippen LogP contribution in [0.25, 0.3) is 0 Å². The van der Waals surface area contributed by atoms with Gasteiger partial charge < -0.3 is 9.99 Å². The molecular formula is C16H17N3. The molecule has 0 radical (unpaired) electrons. The molecule has 2 aromatic rings. The largest absolute Gasteiger partial charge is 0.353 e. The summed E-state index contributed by atoms with van der Waals surface area (Å²) in [4.78, 5) is 0. The van der Waals surface area contributed by atoms with Gasteiger partial charge in [0.25, 0.3) is 0 Å². The maximum absolute atomic E-state index is 4.63. The molecule has 2 atom stereocenters. The van der Waals surface area contributed by atoms with E-state index in [1.54, 1.807) is 0 Å². The Morgan fingerprint density at radius 1 is 1.21 bits per heavy atom. The molecule has 0 fully saturated rings. The van der Waals surface area contributed by atoms with Crippen molar-refractivity contribution in [1.29, 1.82) is 0 Å². The van der Waals surface area contributed by atoms with Gasteiger partial charge in [-0.15, -0.1) is 0 Å². The lowest BCUT2D eigenvalue weighted by molar-refractivity contribution is 0.447. The molecule has 0 bridgehead atoms. The van der Waals surface area contributed by atoms with Crippen LogP contribution in [0.1, 0.15) is 29.3 Å². The van der Waals surface area contributed by atoms with Crippen molar-refractivity contribution in [3.63, 3.8) is 0 Å². The van der Waals surface area contributed by atoms with Crippen LogP contribution in [0.5, 0.6) is 0 Å². The second kappa shape index (κ2) is 3.98. The predicted molar refractivity (Wildman–Crippen MR) is 76.1 cm³/mol. The normalized spacial score (nSPS) is 24.4. The van der Waals surface area contributed by atoms with Crippen LogP contribution in [0, 0.1) is 5.92 Å². The number of aryl methyl sites for hydroxylation is 2. The van der Waals surface area contributed by atoms with Crippen molar-refractivity contribution in [2.24, 2.45) is 18.1 Å². The van der Waals surface area contributed by atoms with Gasteiger partial charge in [0, 0.05) is 30.4 Å². The highest BCUT2D eigenvalue weighted by Crippen LogP contribution is 2.37. The number of benzene rings is 1. The first-order chi connectivity index (χ1) is 9.34. The molecule has 0 amide bonds. The van der Waals surface area contributed by atoms with Gasteiger partial charge >= 0.3 is 0 Å². The fourth-order valence-electron chi connectivity index (χ4n) is 3.40. The van der Waals surface area contributed by atoms with E-state index in [9.17, 15) is 0 Å². The van der Waals surface area contributed by atoms with Crippen LogP contribution in [0.4, 0.5) is 0 Å². The van der Waals surface area contributed by atoms with Gasteiger partial charge in [-0.05, 0) is 30.5 Å². The van der Waals surface area contributed by atoms with Crippen molar-refractivity contribution in [1.82, 2.24) is 9.99 Å². The molecule has 1 aromatic heterocycles. The van der Waals surface area contributed by atoms with Crippen molar-refractivity contribution in [2.45, 2.75) is 18.9 Å². The lowest BCUT2D eigenvalue weighted by atomic mass is 9.78. The van der Waals surface area contributed by atoms with E-state index in [2.05, 4.69) is 64.7 Å². The van der Waals surface area contributed by atoms with Crippen LogP contribution >= 0.6 is 0 Å². The van der Waals surface area contributed by atoms with E-state index in [1.165, 1.54) is 29.0 Å². The highest BCUT2D eigenvalue weighted by molar-refractivity contribution is 6.05. The highest BCUT2D eigenvalue weighted by atomic mass is 15.3. The minimum atomic E-state index is 0.323. The molecule has 2 heterocycles. The van der Waals surface area contributed by atoms with Gasteiger partial charge in [-0.1, -0.05) is 24.3 Å². The maximum atomic E-state index is 4.63. The van der Waals surface area contributed by atoms with Gasteiger partial charge in [0.15, 0.2) is 0 Å². The van der Waals surface area contributed by atoms with E-state index >= 15 is 0 Å². The van der Waals surface area contributed by atoms with Gasteiger partial charge in [0.2, 0.25) is 0 Å². The molecule has 4 rings (SSSR count). The number of aromatic nitrogens is 1. The van der Waals surface area contributed by atoms with Crippen molar-refractivity contribution < 1.29 is 0 Å². The minimum absolute atomic E-state index is 0.323. The number of rotatable bonds is 1. The average molecular weight is 251 g/mol. The number of nitrogens with zero attached hydrogens (tertiary/aromatic N) is 2. The highest BCUT2D eigenvalue weighted by Gasteiger charge is 2.37. The zero-order valence-corrected chi connectivity index (χ0v) is 11.0. The Hall–Kier alpha value is -2.03. The third kappa shape index (κ3) is 1.54. The smallest absolute Gasteiger partial charge is 0.0924 e. The Labute approximate surface area is 113 Å². The molecule has 0 saturated heterocycles. The second-order valence-electron chi connectivity index (χ2n) is 5.45. The molecular weight excluding hydrogens is 234 g/mol. The van der Waals surface area contributed by atoms with Crippen LogP contribution in [0.2, 0.25) is 0 Å². The monoisotopic (exact) mass is 251 g/mol. The van der Waals surface area contributed by atoms with Crippen LogP contribution in [-0.2, 0) is 13.5 Å². The fourth-order valence-corrected chi connectivity index (χ4v) is 3.40. The standard InChI is InChI=1S/C16H17N3/c1-19-10-4-7-14(19)16-13-9-8-11-5-2-3-6-12(11)15(13)17-18-16/h2-7,10,13,16,18H,8-9H2,1H3. The number of fused-ring (bicyclic) bond motifs is 3. The van der Waals surface area contributed by atoms with Gasteiger partial charge in [-0.25, -0.2) is 0 Å². The third-order valence-corrected chi connectivity index (χ3v) is 4.40. The summed E-state index contributed by atoms with van der Waals surface area (Å²) in [6.45, 7) is 0. The molecule has 2 unspecified atom stereocenters. The topological polar surface area (TPSA) is 29.3 Å². The fraction of sp³-hybridized carbons (Fsp3) is 0.312. The Bertz CT molecular complexity index is 654. The quantitative estimate of drug-likeness (QED) is 0.829. The van der Waals surface area contributed by atoms with E-state index in [-0.39, 0.29) is 0 Å². The summed E-state index contributed by atoms with van der Waals surface area (Å²) >= 11 is 0. The predicted octanol–water partition coefficient (Wildman–Crippen LogP) is 2.64. The van der Waals surface area contributed by atoms with Crippen molar-refractivity contribution in [2.75, 3.05) is 0 Å². The summed E-state index contributed by atoms with van der Waals surface area (Å²) < 4.78 is 2.19. The molecule has 3 nitrogen and oxygen atoms in total. The first kappa shape index (κ1) is 10.9. The lowest BCUT2D eigenvalue weighted by Crippen LogP contribution is -2.27. The van der Waals surface area contributed by atoms with Gasteiger partial charge in [0.1, 0.15) is 0 Å². The zero-order chi connectivity index (χ0) is 12.8. The lowest BCUT2D eigenvalue weighted by Gasteiger charge is -2.26. The molecule has 19 heavy (non-hydrogen) atoms. The van der Waals surface area contributed by atoms with E-state index in [4.69, 9.17) is 0 Å². The number of nitrogens with one attached hydrogen (secondary N) is 1. The first-order valence-electron chi connectivity index (χ1n) is 6.87. The first-order valence-corrected chi connectivity index (χ1v) is 6.87. The Morgan fingerprint density at radius 2 is 2.11 bits per heavy atom. The summed E-state index contributed by atoms with van der Waals surface area (Å²) in [6, 6.07) is 13.3. The van der Waals surface area contributed by atoms with E-state index in [0.29, 0.717) is 12.0 Å². The number of hydrazone groups is 1. The van der Waals surface area contributed by atoms with Crippen molar-refractivity contribution >= 4 is 5.71 Å². The SMILES string of the molecule is Cn1cccc1C1NN=C2c3ccccc3CCC21. The number of hydrogen-bond acceptors (Lipinski definition) is 2. The molecule has 1 aliphatic heterocycles. The molecule has 3 heteroatoms. The summed E-state index contributed by atoms with van der Waals surface area (Å²) in [6.07, 6.45) is 4.44. The molecule has 96 valence electrons. The summed E-state index contributed by atoms with van der Waals surface area (Å²) in [7, 11) is 2.10. The summed E-state index contributed by atoms with van der Waals surface area (Å²) in [5.74, 6) is 0.503. The van der Waals surface area contributed by atoms with Crippen LogP contribution in [-0.4, -0.2) is 10.3 Å². The number of hydrogen-bond donors (Lipinski definition) is 1. The molecule has 1 aliphatic carbocycles. The molecule has 1 N–H and O–H groups in total. The Kier molecular flexibility index (Phi) is 2.28. The van der Waals surface area contributed by atoms with E-state index in [0.717, 1.165) is 6.42 Å². The van der Waals surface area contributed by atoms with Crippen LogP contribution in [0.15, 0.2) is 47.7 Å². The molecule has 0 spiro atoms. The van der Waals surface area contributed by atoms with E-state index in [1.807, 2.05) is 0 Å². The van der Waals surface area contributed by atoms with Crippen LogP contribution < -0.4 is 5.43 Å². The maximum Gasteiger partial charge on any atom is 0.0924 e. The third-order valence-electron chi connectivity index (χ3n) is 4.40. The van der Waals surface area contributed by atoms with Crippen molar-refractivity contribution in [3.05, 3.63) is 59.4 Å². The summed E-state index contributed by atoms with van der Waals surface area (Å²) in [5.41, 5.74) is 8.69. The Balaban J connectivity index is 1.74. The zero-order valence-electron chi connectivity index (χ0n) is 11.0. The molecule has 1 aromatic carbocycles. The average Bonchev–Trinajstić information content (AvgIpc) is 3.04.